The first kappa shape index (κ1) is 10.7. The molecule has 1 atom stereocenters. The van der Waals surface area contributed by atoms with Crippen LogP contribution in [-0.2, 0) is 0 Å². The van der Waals surface area contributed by atoms with Crippen LogP contribution in [0.5, 0.6) is 0 Å². The number of aliphatic hydroxyl groups excluding tert-OH is 2. The Bertz CT molecular complexity index is 30.9. The van der Waals surface area contributed by atoms with Gasteiger partial charge in [-0.2, -0.15) is 0 Å². The van der Waals surface area contributed by atoms with E-state index in [0.29, 0.717) is 6.42 Å². The number of rotatable bonds is 2. The molecule has 2 N–H and O–H groups in total. The van der Waals surface area contributed by atoms with Gasteiger partial charge < -0.3 is 10.2 Å². The third-order valence-electron chi connectivity index (χ3n) is 0.547. The Morgan fingerprint density at radius 2 is 2.00 bits per heavy atom. The minimum absolute atomic E-state index is 0. The van der Waals surface area contributed by atoms with Gasteiger partial charge in [0.15, 0.2) is 0 Å². The zero-order valence-corrected chi connectivity index (χ0v) is 7.24. The molecule has 0 spiro atoms. The fourth-order valence-corrected chi connectivity index (χ4v) is 0.187. The zero-order chi connectivity index (χ0) is 4.99. The average Bonchev–Trinajstić information content (AvgIpc) is 1.35. The van der Waals surface area contributed by atoms with E-state index in [4.69, 9.17) is 10.2 Å². The Morgan fingerprint density at radius 3 is 2.00 bits per heavy atom. The van der Waals surface area contributed by atoms with Crippen LogP contribution in [0.3, 0.4) is 0 Å². The molecule has 0 aromatic rings. The molecule has 0 aromatic carbocycles. The van der Waals surface area contributed by atoms with Crippen LogP contribution in [0.15, 0.2) is 0 Å². The van der Waals surface area contributed by atoms with Gasteiger partial charge in [0.05, 0.1) is 6.10 Å². The fraction of sp³-hybridized carbons (Fsp3) is 1.00. The summed E-state index contributed by atoms with van der Waals surface area (Å²) in [5, 5.41) is 16.5. The Labute approximate surface area is 60.5 Å². The minimum Gasteiger partial charge on any atom is -0.396 e. The molecule has 42 valence electrons. The summed E-state index contributed by atoms with van der Waals surface area (Å²) in [7, 11) is 0. The van der Waals surface area contributed by atoms with Crippen molar-refractivity contribution < 1.29 is 10.2 Å². The molecule has 0 fully saturated rings. The molecule has 3 heteroatoms. The van der Waals surface area contributed by atoms with E-state index >= 15 is 0 Å². The van der Waals surface area contributed by atoms with E-state index in [0.717, 1.165) is 0 Å². The molecule has 7 heavy (non-hydrogen) atoms. The SMILES string of the molecule is CC(O)CCO.[Sn]. The van der Waals surface area contributed by atoms with Gasteiger partial charge >= 0.3 is 0 Å². The maximum absolute atomic E-state index is 8.39. The Hall–Kier alpha value is 0.719. The van der Waals surface area contributed by atoms with E-state index in [2.05, 4.69) is 0 Å². The topological polar surface area (TPSA) is 40.5 Å². The molecule has 0 saturated carbocycles. The van der Waals surface area contributed by atoms with E-state index in [1.54, 1.807) is 6.92 Å². The van der Waals surface area contributed by atoms with Crippen molar-refractivity contribution in [3.05, 3.63) is 0 Å². The fourth-order valence-electron chi connectivity index (χ4n) is 0.187. The molecule has 4 radical (unpaired) electrons. The van der Waals surface area contributed by atoms with Crippen LogP contribution in [0.2, 0.25) is 0 Å². The molecule has 0 amide bonds. The summed E-state index contributed by atoms with van der Waals surface area (Å²) in [6.07, 6.45) is 0.134. The van der Waals surface area contributed by atoms with Gasteiger partial charge in [0.1, 0.15) is 0 Å². The van der Waals surface area contributed by atoms with Crippen LogP contribution in [0.25, 0.3) is 0 Å². The van der Waals surface area contributed by atoms with Gasteiger partial charge in [0, 0.05) is 30.5 Å². The monoisotopic (exact) mass is 210 g/mol. The predicted octanol–water partition coefficient (Wildman–Crippen LogP) is -0.631. The van der Waals surface area contributed by atoms with Gasteiger partial charge in [0.25, 0.3) is 0 Å². The molecule has 0 aliphatic carbocycles. The molecule has 0 aliphatic heterocycles. The standard InChI is InChI=1S/C4H10O2.Sn/c1-4(6)2-3-5;/h4-6H,2-3H2,1H3;. The van der Waals surface area contributed by atoms with Crippen molar-refractivity contribution in [2.75, 3.05) is 6.61 Å². The normalized spacial score (nSPS) is 12.4. The third-order valence-corrected chi connectivity index (χ3v) is 0.547. The van der Waals surface area contributed by atoms with Crippen molar-refractivity contribution in [3.63, 3.8) is 0 Å². The second-order valence-electron chi connectivity index (χ2n) is 1.36. The molecule has 0 saturated heterocycles. The molecule has 0 rings (SSSR count). The van der Waals surface area contributed by atoms with E-state index in [-0.39, 0.29) is 36.6 Å². The predicted molar refractivity (Wildman–Crippen MR) is 29.1 cm³/mol. The summed E-state index contributed by atoms with van der Waals surface area (Å²) in [5.41, 5.74) is 0. The maximum Gasteiger partial charge on any atom is 0.0533 e. The van der Waals surface area contributed by atoms with Crippen molar-refractivity contribution in [1.29, 1.82) is 0 Å². The number of hydrogen-bond acceptors (Lipinski definition) is 2. The minimum atomic E-state index is -0.352. The molecule has 0 bridgehead atoms. The molecule has 0 heterocycles. The van der Waals surface area contributed by atoms with Crippen molar-refractivity contribution in [2.45, 2.75) is 19.4 Å². The summed E-state index contributed by atoms with van der Waals surface area (Å²) in [6, 6.07) is 0. The third kappa shape index (κ3) is 10.8. The molecule has 1 unspecified atom stereocenters. The van der Waals surface area contributed by atoms with Crippen LogP contribution in [-0.4, -0.2) is 46.8 Å². The second-order valence-corrected chi connectivity index (χ2v) is 1.36. The second kappa shape index (κ2) is 6.72. The summed E-state index contributed by atoms with van der Waals surface area (Å²) in [5.74, 6) is 0. The van der Waals surface area contributed by atoms with Gasteiger partial charge in [0.2, 0.25) is 0 Å². The average molecular weight is 209 g/mol. The summed E-state index contributed by atoms with van der Waals surface area (Å²) >= 11 is 0. The van der Waals surface area contributed by atoms with Crippen LogP contribution in [0.1, 0.15) is 13.3 Å². The van der Waals surface area contributed by atoms with E-state index in [9.17, 15) is 0 Å². The summed E-state index contributed by atoms with van der Waals surface area (Å²) in [4.78, 5) is 0. The van der Waals surface area contributed by atoms with Gasteiger partial charge in [-0.25, -0.2) is 0 Å². The summed E-state index contributed by atoms with van der Waals surface area (Å²) < 4.78 is 0. The molecule has 2 nitrogen and oxygen atoms in total. The van der Waals surface area contributed by atoms with Crippen molar-refractivity contribution in [2.24, 2.45) is 0 Å². The van der Waals surface area contributed by atoms with Crippen LogP contribution in [0.4, 0.5) is 0 Å². The molecular weight excluding hydrogens is 199 g/mol. The van der Waals surface area contributed by atoms with Crippen molar-refractivity contribution in [1.82, 2.24) is 0 Å². The molecule has 0 aromatic heterocycles. The Balaban J connectivity index is 0. The quantitative estimate of drug-likeness (QED) is 0.594. The summed E-state index contributed by atoms with van der Waals surface area (Å²) in [6.45, 7) is 1.73. The van der Waals surface area contributed by atoms with Gasteiger partial charge in [-0.15, -0.1) is 0 Å². The van der Waals surface area contributed by atoms with Crippen LogP contribution >= 0.6 is 0 Å². The van der Waals surface area contributed by atoms with Gasteiger partial charge in [-0.05, 0) is 13.3 Å². The first-order valence-corrected chi connectivity index (χ1v) is 2.06. The first-order valence-electron chi connectivity index (χ1n) is 2.06. The molecule has 0 aliphatic rings. The van der Waals surface area contributed by atoms with Crippen LogP contribution < -0.4 is 0 Å². The van der Waals surface area contributed by atoms with E-state index < -0.39 is 0 Å². The van der Waals surface area contributed by atoms with E-state index in [1.165, 1.54) is 0 Å². The van der Waals surface area contributed by atoms with Crippen molar-refractivity contribution in [3.8, 4) is 0 Å². The van der Waals surface area contributed by atoms with Crippen molar-refractivity contribution >= 4 is 23.9 Å². The zero-order valence-electron chi connectivity index (χ0n) is 4.39. The largest absolute Gasteiger partial charge is 0.396 e. The Morgan fingerprint density at radius 1 is 1.57 bits per heavy atom. The molecular formula is C4H10O2Sn. The van der Waals surface area contributed by atoms with E-state index in [1.807, 2.05) is 0 Å². The Kier molecular flexibility index (Phi) is 10.2. The van der Waals surface area contributed by atoms with Crippen LogP contribution in [0, 0.1) is 0 Å². The maximum atomic E-state index is 8.39. The van der Waals surface area contributed by atoms with Gasteiger partial charge in [-0.1, -0.05) is 0 Å². The number of hydrogen-bond donors (Lipinski definition) is 2. The first-order chi connectivity index (χ1) is 2.77. The van der Waals surface area contributed by atoms with Gasteiger partial charge in [-0.3, -0.25) is 0 Å². The number of aliphatic hydroxyl groups is 2. The smallest absolute Gasteiger partial charge is 0.0533 e.